The molecule has 0 spiro atoms. The molecule has 0 saturated carbocycles. The largest absolute Gasteiger partial charge is 0.396 e. The molecule has 1 heterocycles. The molecule has 0 aliphatic heterocycles. The fraction of sp³-hybridized carbons (Fsp3) is 0.273. The van der Waals surface area contributed by atoms with Crippen LogP contribution in [0, 0.1) is 5.82 Å². The summed E-state index contributed by atoms with van der Waals surface area (Å²) in [5.41, 5.74) is 5.42. The fourth-order valence-corrected chi connectivity index (χ4v) is 2.59. The predicted octanol–water partition coefficient (Wildman–Crippen LogP) is 1.33. The summed E-state index contributed by atoms with van der Waals surface area (Å²) in [6.07, 6.45) is 1.42. The van der Waals surface area contributed by atoms with E-state index < -0.39 is 16.6 Å². The Bertz CT molecular complexity index is 584. The summed E-state index contributed by atoms with van der Waals surface area (Å²) in [5, 5.41) is 3.99. The summed E-state index contributed by atoms with van der Waals surface area (Å²) >= 11 is 0. The van der Waals surface area contributed by atoms with Gasteiger partial charge in [0.25, 0.3) is 0 Å². The second kappa shape index (κ2) is 5.26. The first-order valence-electron chi connectivity index (χ1n) is 5.42. The number of halogens is 1. The molecule has 18 heavy (non-hydrogen) atoms. The van der Waals surface area contributed by atoms with Crippen LogP contribution in [0.5, 0.6) is 0 Å². The maximum Gasteiger partial charge on any atom is 0.147 e. The molecule has 7 heteroatoms. The number of nitrogens with zero attached hydrogens (tertiary/aromatic N) is 3. The Kier molecular flexibility index (Phi) is 3.71. The minimum Gasteiger partial charge on any atom is -0.396 e. The number of aromatic nitrogens is 3. The van der Waals surface area contributed by atoms with Gasteiger partial charge in [0.15, 0.2) is 0 Å². The summed E-state index contributed by atoms with van der Waals surface area (Å²) in [7, 11) is -1.36. The molecule has 5 nitrogen and oxygen atoms in total. The number of rotatable bonds is 4. The van der Waals surface area contributed by atoms with E-state index in [9.17, 15) is 8.60 Å². The van der Waals surface area contributed by atoms with Crippen LogP contribution in [0.3, 0.4) is 0 Å². The van der Waals surface area contributed by atoms with Gasteiger partial charge >= 0.3 is 0 Å². The van der Waals surface area contributed by atoms with Gasteiger partial charge in [-0.1, -0.05) is 0 Å². The second-order valence-electron chi connectivity index (χ2n) is 3.67. The van der Waals surface area contributed by atoms with Crippen LogP contribution in [0.4, 0.5) is 10.1 Å². The van der Waals surface area contributed by atoms with Crippen LogP contribution in [-0.2, 0) is 23.1 Å². The molecule has 1 aromatic carbocycles. The molecule has 0 amide bonds. The summed E-state index contributed by atoms with van der Waals surface area (Å²) in [6, 6.07) is 4.16. The van der Waals surface area contributed by atoms with Gasteiger partial charge in [-0.3, -0.25) is 4.21 Å². The maximum absolute atomic E-state index is 13.3. The molecule has 2 N–H and O–H groups in total. The summed E-state index contributed by atoms with van der Waals surface area (Å²) in [5.74, 6) is 0.267. The third kappa shape index (κ3) is 2.56. The van der Waals surface area contributed by atoms with E-state index in [1.807, 2.05) is 6.92 Å². The van der Waals surface area contributed by atoms with Crippen molar-refractivity contribution >= 4 is 16.5 Å². The van der Waals surface area contributed by atoms with E-state index in [1.54, 1.807) is 10.7 Å². The van der Waals surface area contributed by atoms with E-state index in [0.29, 0.717) is 17.3 Å². The van der Waals surface area contributed by atoms with Crippen molar-refractivity contribution in [3.8, 4) is 0 Å². The average Bonchev–Trinajstić information content (AvgIpc) is 2.79. The number of nitrogens with two attached hydrogens (primary N) is 1. The van der Waals surface area contributed by atoms with Crippen molar-refractivity contribution in [2.75, 3.05) is 5.73 Å². The van der Waals surface area contributed by atoms with Gasteiger partial charge in [0.1, 0.15) is 18.0 Å². The van der Waals surface area contributed by atoms with Crippen molar-refractivity contribution in [3.63, 3.8) is 0 Å². The molecular formula is C11H13FN4OS. The highest BCUT2D eigenvalue weighted by atomic mass is 32.2. The third-order valence-corrected chi connectivity index (χ3v) is 3.79. The molecule has 1 atom stereocenters. The molecule has 0 radical (unpaired) electrons. The van der Waals surface area contributed by atoms with E-state index in [-0.39, 0.29) is 11.4 Å². The number of anilines is 1. The van der Waals surface area contributed by atoms with Crippen LogP contribution in [0.15, 0.2) is 29.4 Å². The van der Waals surface area contributed by atoms with Crippen LogP contribution in [0.1, 0.15) is 12.7 Å². The molecule has 0 aliphatic carbocycles. The van der Waals surface area contributed by atoms with Gasteiger partial charge in [-0.15, -0.1) is 0 Å². The zero-order chi connectivity index (χ0) is 13.1. The van der Waals surface area contributed by atoms with E-state index in [4.69, 9.17) is 5.73 Å². The Labute approximate surface area is 106 Å². The molecule has 0 bridgehead atoms. The van der Waals surface area contributed by atoms with Gasteiger partial charge in [0.05, 0.1) is 22.2 Å². The zero-order valence-electron chi connectivity index (χ0n) is 9.84. The van der Waals surface area contributed by atoms with Crippen LogP contribution in [-0.4, -0.2) is 19.0 Å². The Hall–Kier alpha value is -1.76. The highest BCUT2D eigenvalue weighted by Crippen LogP contribution is 2.16. The Balaban J connectivity index is 2.19. The number of hydrogen-bond acceptors (Lipinski definition) is 4. The molecule has 1 aromatic heterocycles. The summed E-state index contributed by atoms with van der Waals surface area (Å²) < 4.78 is 27.0. The van der Waals surface area contributed by atoms with E-state index in [2.05, 4.69) is 10.1 Å². The molecule has 0 saturated heterocycles. The number of hydrogen-bond donors (Lipinski definition) is 1. The van der Waals surface area contributed by atoms with Crippen LogP contribution >= 0.6 is 0 Å². The number of nitrogen functional groups attached to an aromatic ring is 1. The predicted molar refractivity (Wildman–Crippen MR) is 66.6 cm³/mol. The smallest absolute Gasteiger partial charge is 0.147 e. The average molecular weight is 268 g/mol. The molecule has 1 unspecified atom stereocenters. The lowest BCUT2D eigenvalue weighted by Crippen LogP contribution is -2.07. The van der Waals surface area contributed by atoms with Gasteiger partial charge in [-0.25, -0.2) is 14.1 Å². The van der Waals surface area contributed by atoms with Crippen LogP contribution in [0.25, 0.3) is 0 Å². The molecule has 0 aliphatic rings. The number of aryl methyl sites for hydroxylation is 1. The lowest BCUT2D eigenvalue weighted by molar-refractivity contribution is 0.622. The summed E-state index contributed by atoms with van der Waals surface area (Å²) in [4.78, 5) is 4.43. The standard InChI is InChI=1S/C11H13FN4OS/c1-2-16-11(14-7-15-16)6-18(17)8-3-4-10(13)9(12)5-8/h3-5,7H,2,6,13H2,1H3. The van der Waals surface area contributed by atoms with Crippen molar-refractivity contribution in [2.24, 2.45) is 0 Å². The fourth-order valence-electron chi connectivity index (χ4n) is 1.51. The normalized spacial score (nSPS) is 12.6. The highest BCUT2D eigenvalue weighted by Gasteiger charge is 2.11. The lowest BCUT2D eigenvalue weighted by atomic mass is 10.3. The molecule has 2 aromatic rings. The SMILES string of the molecule is CCn1ncnc1CS(=O)c1ccc(N)c(F)c1. The molecule has 0 fully saturated rings. The zero-order valence-corrected chi connectivity index (χ0v) is 10.7. The van der Waals surface area contributed by atoms with Gasteiger partial charge in [0.2, 0.25) is 0 Å². The van der Waals surface area contributed by atoms with Crippen molar-refractivity contribution < 1.29 is 8.60 Å². The van der Waals surface area contributed by atoms with Crippen molar-refractivity contribution in [1.29, 1.82) is 0 Å². The Morgan fingerprint density at radius 3 is 2.94 bits per heavy atom. The van der Waals surface area contributed by atoms with E-state index in [0.717, 1.165) is 0 Å². The first-order valence-corrected chi connectivity index (χ1v) is 6.73. The first-order chi connectivity index (χ1) is 8.61. The van der Waals surface area contributed by atoms with Crippen molar-refractivity contribution in [1.82, 2.24) is 14.8 Å². The number of benzene rings is 1. The molecule has 2 rings (SSSR count). The minimum absolute atomic E-state index is 0.0486. The molecule has 96 valence electrons. The van der Waals surface area contributed by atoms with Gasteiger partial charge in [-0.2, -0.15) is 5.10 Å². The van der Waals surface area contributed by atoms with Gasteiger partial charge in [0, 0.05) is 11.4 Å². The quantitative estimate of drug-likeness (QED) is 0.849. The van der Waals surface area contributed by atoms with Gasteiger partial charge in [-0.05, 0) is 25.1 Å². The second-order valence-corrected chi connectivity index (χ2v) is 5.12. The Morgan fingerprint density at radius 1 is 1.50 bits per heavy atom. The lowest BCUT2D eigenvalue weighted by Gasteiger charge is -2.04. The highest BCUT2D eigenvalue weighted by molar-refractivity contribution is 7.84. The van der Waals surface area contributed by atoms with Crippen molar-refractivity contribution in [2.45, 2.75) is 24.1 Å². The molecular weight excluding hydrogens is 255 g/mol. The first kappa shape index (κ1) is 12.7. The van der Waals surface area contributed by atoms with Crippen LogP contribution < -0.4 is 5.73 Å². The summed E-state index contributed by atoms with van der Waals surface area (Å²) in [6.45, 7) is 2.58. The van der Waals surface area contributed by atoms with E-state index >= 15 is 0 Å². The maximum atomic E-state index is 13.3. The van der Waals surface area contributed by atoms with E-state index in [1.165, 1.54) is 18.5 Å². The van der Waals surface area contributed by atoms with Gasteiger partial charge < -0.3 is 5.73 Å². The van der Waals surface area contributed by atoms with Crippen LogP contribution in [0.2, 0.25) is 0 Å². The Morgan fingerprint density at radius 2 is 2.28 bits per heavy atom. The third-order valence-electron chi connectivity index (χ3n) is 2.49. The topological polar surface area (TPSA) is 73.8 Å². The van der Waals surface area contributed by atoms with Crippen molar-refractivity contribution in [3.05, 3.63) is 36.2 Å². The monoisotopic (exact) mass is 268 g/mol. The minimum atomic E-state index is -1.36.